The van der Waals surface area contributed by atoms with Gasteiger partial charge in [-0.05, 0) is 37.5 Å². The number of benzene rings is 1. The van der Waals surface area contributed by atoms with Crippen molar-refractivity contribution in [3.63, 3.8) is 0 Å². The number of amides is 1. The lowest BCUT2D eigenvalue weighted by Gasteiger charge is -2.20. The van der Waals surface area contributed by atoms with Crippen molar-refractivity contribution in [2.45, 2.75) is 32.0 Å². The molecule has 1 saturated heterocycles. The van der Waals surface area contributed by atoms with Gasteiger partial charge in [0.25, 0.3) is 0 Å². The van der Waals surface area contributed by atoms with Crippen molar-refractivity contribution in [3.05, 3.63) is 29.8 Å². The maximum atomic E-state index is 12.0. The summed E-state index contributed by atoms with van der Waals surface area (Å²) >= 11 is 0. The van der Waals surface area contributed by atoms with Gasteiger partial charge in [-0.25, -0.2) is 4.79 Å². The maximum absolute atomic E-state index is 12.0. The molecule has 2 rings (SSSR count). The first kappa shape index (κ1) is 13.6. The SMILES string of the molecule is CC1(CCc2ccc(OC(F)F)cc2)CNC(=O)O1. The maximum Gasteiger partial charge on any atom is 0.407 e. The van der Waals surface area contributed by atoms with Crippen LogP contribution < -0.4 is 10.1 Å². The van der Waals surface area contributed by atoms with Gasteiger partial charge in [0.15, 0.2) is 0 Å². The van der Waals surface area contributed by atoms with Crippen molar-refractivity contribution in [2.75, 3.05) is 6.54 Å². The molecule has 0 spiro atoms. The summed E-state index contributed by atoms with van der Waals surface area (Å²) in [4.78, 5) is 11.0. The van der Waals surface area contributed by atoms with Crippen LogP contribution >= 0.6 is 0 Å². The van der Waals surface area contributed by atoms with Crippen molar-refractivity contribution in [3.8, 4) is 5.75 Å². The van der Waals surface area contributed by atoms with E-state index in [9.17, 15) is 13.6 Å². The van der Waals surface area contributed by atoms with E-state index < -0.39 is 18.3 Å². The minimum Gasteiger partial charge on any atom is -0.441 e. The van der Waals surface area contributed by atoms with Crippen LogP contribution in [0.1, 0.15) is 18.9 Å². The molecular weight excluding hydrogens is 256 g/mol. The Labute approximate surface area is 109 Å². The molecule has 0 saturated carbocycles. The average Bonchev–Trinajstić information content (AvgIpc) is 2.68. The van der Waals surface area contributed by atoms with Gasteiger partial charge >= 0.3 is 12.7 Å². The van der Waals surface area contributed by atoms with E-state index in [0.29, 0.717) is 19.4 Å². The number of cyclic esters (lactones) is 1. The van der Waals surface area contributed by atoms with E-state index in [-0.39, 0.29) is 5.75 Å². The van der Waals surface area contributed by atoms with Crippen molar-refractivity contribution >= 4 is 6.09 Å². The Kier molecular flexibility index (Phi) is 3.87. The van der Waals surface area contributed by atoms with Gasteiger partial charge in [0, 0.05) is 0 Å². The number of ether oxygens (including phenoxy) is 2. The van der Waals surface area contributed by atoms with Gasteiger partial charge < -0.3 is 14.8 Å². The molecule has 0 aliphatic carbocycles. The third-order valence-electron chi connectivity index (χ3n) is 3.04. The monoisotopic (exact) mass is 271 g/mol. The number of alkyl carbamates (subject to hydrolysis) is 1. The summed E-state index contributed by atoms with van der Waals surface area (Å²) in [7, 11) is 0. The number of hydrogen-bond donors (Lipinski definition) is 1. The summed E-state index contributed by atoms with van der Waals surface area (Å²) in [6, 6.07) is 6.46. The second-order valence-electron chi connectivity index (χ2n) is 4.72. The van der Waals surface area contributed by atoms with E-state index in [1.54, 1.807) is 12.1 Å². The molecule has 1 aromatic carbocycles. The molecule has 1 atom stereocenters. The predicted molar refractivity (Wildman–Crippen MR) is 64.3 cm³/mol. The van der Waals surface area contributed by atoms with E-state index in [4.69, 9.17) is 4.74 Å². The Bertz CT molecular complexity index is 450. The van der Waals surface area contributed by atoms with Gasteiger partial charge in [0.1, 0.15) is 11.4 Å². The molecule has 4 nitrogen and oxygen atoms in total. The molecule has 19 heavy (non-hydrogen) atoms. The lowest BCUT2D eigenvalue weighted by Crippen LogP contribution is -2.29. The lowest BCUT2D eigenvalue weighted by molar-refractivity contribution is -0.0498. The van der Waals surface area contributed by atoms with Gasteiger partial charge in [-0.1, -0.05) is 12.1 Å². The predicted octanol–water partition coefficient (Wildman–Crippen LogP) is 2.72. The number of halogens is 2. The van der Waals surface area contributed by atoms with Crippen molar-refractivity contribution in [2.24, 2.45) is 0 Å². The third-order valence-corrected chi connectivity index (χ3v) is 3.04. The highest BCUT2D eigenvalue weighted by atomic mass is 19.3. The first-order valence-corrected chi connectivity index (χ1v) is 5.97. The second kappa shape index (κ2) is 5.42. The fourth-order valence-corrected chi connectivity index (χ4v) is 1.94. The molecular formula is C13H15F2NO3. The van der Waals surface area contributed by atoms with E-state index in [2.05, 4.69) is 10.1 Å². The molecule has 1 N–H and O–H groups in total. The lowest BCUT2D eigenvalue weighted by atomic mass is 9.97. The van der Waals surface area contributed by atoms with Crippen LogP contribution in [0, 0.1) is 0 Å². The fraction of sp³-hybridized carbons (Fsp3) is 0.462. The first-order valence-electron chi connectivity index (χ1n) is 5.97. The van der Waals surface area contributed by atoms with Crippen LogP contribution in [0.3, 0.4) is 0 Å². The quantitative estimate of drug-likeness (QED) is 0.895. The molecule has 1 fully saturated rings. The molecule has 1 aliphatic rings. The Balaban J connectivity index is 1.88. The molecule has 1 aromatic rings. The van der Waals surface area contributed by atoms with Crippen LogP contribution in [0.15, 0.2) is 24.3 Å². The normalized spacial score (nSPS) is 22.2. The van der Waals surface area contributed by atoms with Crippen molar-refractivity contribution < 1.29 is 23.0 Å². The van der Waals surface area contributed by atoms with Crippen LogP contribution in [0.5, 0.6) is 5.75 Å². The van der Waals surface area contributed by atoms with Gasteiger partial charge in [-0.3, -0.25) is 0 Å². The van der Waals surface area contributed by atoms with Gasteiger partial charge in [0.05, 0.1) is 6.54 Å². The largest absolute Gasteiger partial charge is 0.441 e. The minimum absolute atomic E-state index is 0.138. The molecule has 6 heteroatoms. The van der Waals surface area contributed by atoms with Gasteiger partial charge in [-0.15, -0.1) is 0 Å². The Morgan fingerprint density at radius 1 is 1.42 bits per heavy atom. The molecule has 1 unspecified atom stereocenters. The topological polar surface area (TPSA) is 47.6 Å². The highest BCUT2D eigenvalue weighted by Gasteiger charge is 2.34. The smallest absolute Gasteiger partial charge is 0.407 e. The molecule has 1 aliphatic heterocycles. The molecule has 1 amide bonds. The summed E-state index contributed by atoms with van der Waals surface area (Å²) < 4.78 is 33.4. The van der Waals surface area contributed by atoms with E-state index in [1.165, 1.54) is 12.1 Å². The van der Waals surface area contributed by atoms with Crippen molar-refractivity contribution in [1.29, 1.82) is 0 Å². The fourth-order valence-electron chi connectivity index (χ4n) is 1.94. The van der Waals surface area contributed by atoms with Crippen LogP contribution in [0.2, 0.25) is 0 Å². The Hall–Kier alpha value is -1.85. The molecule has 0 bridgehead atoms. The van der Waals surface area contributed by atoms with Gasteiger partial charge in [0.2, 0.25) is 0 Å². The zero-order valence-electron chi connectivity index (χ0n) is 10.5. The second-order valence-corrected chi connectivity index (χ2v) is 4.72. The van der Waals surface area contributed by atoms with E-state index in [0.717, 1.165) is 5.56 Å². The molecule has 0 radical (unpaired) electrons. The molecule has 0 aromatic heterocycles. The van der Waals surface area contributed by atoms with Crippen LogP contribution in [-0.4, -0.2) is 24.9 Å². The number of carbonyl (C=O) groups is 1. The Morgan fingerprint density at radius 2 is 2.11 bits per heavy atom. The van der Waals surface area contributed by atoms with Crippen LogP contribution in [0.4, 0.5) is 13.6 Å². The zero-order valence-corrected chi connectivity index (χ0v) is 10.5. The van der Waals surface area contributed by atoms with Crippen molar-refractivity contribution in [1.82, 2.24) is 5.32 Å². The summed E-state index contributed by atoms with van der Waals surface area (Å²) in [5, 5.41) is 2.61. The van der Waals surface area contributed by atoms with E-state index in [1.807, 2.05) is 6.92 Å². The Morgan fingerprint density at radius 3 is 2.63 bits per heavy atom. The zero-order chi connectivity index (χ0) is 13.9. The highest BCUT2D eigenvalue weighted by molar-refractivity contribution is 5.70. The summed E-state index contributed by atoms with van der Waals surface area (Å²) in [5.74, 6) is 0.138. The summed E-state index contributed by atoms with van der Waals surface area (Å²) in [6.07, 6.45) is 0.962. The van der Waals surface area contributed by atoms with Gasteiger partial charge in [-0.2, -0.15) is 8.78 Å². The van der Waals surface area contributed by atoms with Crippen LogP contribution in [-0.2, 0) is 11.2 Å². The number of hydrogen-bond acceptors (Lipinski definition) is 3. The number of aryl methyl sites for hydroxylation is 1. The molecule has 104 valence electrons. The minimum atomic E-state index is -2.81. The standard InChI is InChI=1S/C13H15F2NO3/c1-13(8-16-12(17)19-13)7-6-9-2-4-10(5-3-9)18-11(14)15/h2-5,11H,6-8H2,1H3,(H,16,17). The van der Waals surface area contributed by atoms with Crippen LogP contribution in [0.25, 0.3) is 0 Å². The summed E-state index contributed by atoms with van der Waals surface area (Å²) in [6.45, 7) is -0.467. The number of alkyl halides is 2. The average molecular weight is 271 g/mol. The van der Waals surface area contributed by atoms with E-state index >= 15 is 0 Å². The molecule has 1 heterocycles. The number of nitrogens with one attached hydrogen (secondary N) is 1. The first-order chi connectivity index (χ1) is 8.97. The number of carbonyl (C=O) groups excluding carboxylic acids is 1. The third kappa shape index (κ3) is 3.81. The number of rotatable bonds is 5. The highest BCUT2D eigenvalue weighted by Crippen LogP contribution is 2.23. The summed E-state index contributed by atoms with van der Waals surface area (Å²) in [5.41, 5.74) is 0.473.